The third-order valence-corrected chi connectivity index (χ3v) is 5.68. The Morgan fingerprint density at radius 3 is 2.67 bits per heavy atom. The van der Waals surface area contributed by atoms with Crippen molar-refractivity contribution in [3.63, 3.8) is 0 Å². The third-order valence-electron chi connectivity index (χ3n) is 3.89. The molecule has 0 aliphatic heterocycles. The van der Waals surface area contributed by atoms with Crippen LogP contribution in [0.3, 0.4) is 0 Å². The monoisotopic (exact) mass is 315 g/mol. The van der Waals surface area contributed by atoms with E-state index in [1.54, 1.807) is 0 Å². The second-order valence-corrected chi connectivity index (χ2v) is 7.19. The maximum absolute atomic E-state index is 12.7. The van der Waals surface area contributed by atoms with E-state index in [9.17, 15) is 17.4 Å². The Balaban J connectivity index is 2.29. The molecule has 0 amide bonds. The van der Waals surface area contributed by atoms with Crippen LogP contribution >= 0.6 is 0 Å². The molecule has 0 spiro atoms. The van der Waals surface area contributed by atoms with Crippen LogP contribution in [0.1, 0.15) is 31.7 Å². The van der Waals surface area contributed by atoms with E-state index in [-0.39, 0.29) is 16.1 Å². The molecule has 1 aromatic carbocycles. The molecule has 0 aromatic heterocycles. The molecule has 0 N–H and O–H groups in total. The Morgan fingerprint density at radius 1 is 1.33 bits per heavy atom. The summed E-state index contributed by atoms with van der Waals surface area (Å²) in [5.41, 5.74) is -0.800. The quantitative estimate of drug-likeness (QED) is 0.823. The van der Waals surface area contributed by atoms with Gasteiger partial charge in [0.15, 0.2) is 0 Å². The van der Waals surface area contributed by atoms with E-state index in [0.29, 0.717) is 18.8 Å². The van der Waals surface area contributed by atoms with Crippen LogP contribution in [-0.2, 0) is 17.0 Å². The van der Waals surface area contributed by atoms with Crippen LogP contribution in [0.5, 0.6) is 0 Å². The normalized spacial score (nSPS) is 27.9. The second kappa shape index (κ2) is 6.18. The zero-order valence-corrected chi connectivity index (χ0v) is 12.4. The van der Waals surface area contributed by atoms with Crippen molar-refractivity contribution in [1.29, 1.82) is 5.26 Å². The molecule has 2 nitrogen and oxygen atoms in total. The number of halogens is 3. The summed E-state index contributed by atoms with van der Waals surface area (Å²) in [5.74, 6) is -0.00840. The largest absolute Gasteiger partial charge is 0.416 e. The number of nitriles is 1. The Bertz CT molecular complexity index is 579. The number of nitrogens with zero attached hydrogens (tertiary/aromatic N) is 1. The highest BCUT2D eigenvalue weighted by atomic mass is 32.2. The molecule has 1 aliphatic carbocycles. The predicted octanol–water partition coefficient (Wildman–Crippen LogP) is 4.14. The number of hydrogen-bond donors (Lipinski definition) is 0. The minimum Gasteiger partial charge on any atom is -0.254 e. The lowest BCUT2D eigenvalue weighted by atomic mass is 9.83. The van der Waals surface area contributed by atoms with Crippen molar-refractivity contribution in [1.82, 2.24) is 0 Å². The van der Waals surface area contributed by atoms with Gasteiger partial charge in [-0.05, 0) is 43.4 Å². The van der Waals surface area contributed by atoms with Crippen LogP contribution in [0.2, 0.25) is 0 Å². The van der Waals surface area contributed by atoms with Gasteiger partial charge in [0.1, 0.15) is 0 Å². The lowest BCUT2D eigenvalue weighted by molar-refractivity contribution is -0.137. The van der Waals surface area contributed by atoms with Gasteiger partial charge >= 0.3 is 6.18 Å². The summed E-state index contributed by atoms with van der Waals surface area (Å²) < 4.78 is 50.8. The van der Waals surface area contributed by atoms with Gasteiger partial charge in [-0.3, -0.25) is 4.21 Å². The first-order valence-corrected chi connectivity index (χ1v) is 8.01. The van der Waals surface area contributed by atoms with Crippen LogP contribution in [0, 0.1) is 23.2 Å². The molecular weight excluding hydrogens is 299 g/mol. The molecular formula is C15H16F3NOS. The molecule has 114 valence electrons. The molecule has 1 fully saturated rings. The number of hydrogen-bond acceptors (Lipinski definition) is 2. The molecule has 2 rings (SSSR count). The molecule has 21 heavy (non-hydrogen) atoms. The SMILES string of the molecule is CC1CCC(C#N)C(S(=O)c2cccc(C(F)(F)F)c2)C1. The topological polar surface area (TPSA) is 40.9 Å². The summed E-state index contributed by atoms with van der Waals surface area (Å²) in [6, 6.07) is 6.76. The van der Waals surface area contributed by atoms with Crippen molar-refractivity contribution in [3.05, 3.63) is 29.8 Å². The summed E-state index contributed by atoms with van der Waals surface area (Å²) >= 11 is 0. The van der Waals surface area contributed by atoms with Gasteiger partial charge in [0.25, 0.3) is 0 Å². The van der Waals surface area contributed by atoms with Crippen LogP contribution in [0.4, 0.5) is 13.2 Å². The first kappa shape index (κ1) is 16.0. The van der Waals surface area contributed by atoms with E-state index in [2.05, 4.69) is 6.07 Å². The maximum Gasteiger partial charge on any atom is 0.416 e. The molecule has 0 bridgehead atoms. The highest BCUT2D eigenvalue weighted by molar-refractivity contribution is 7.85. The smallest absolute Gasteiger partial charge is 0.254 e. The fraction of sp³-hybridized carbons (Fsp3) is 0.533. The van der Waals surface area contributed by atoms with E-state index < -0.39 is 22.5 Å². The Hall–Kier alpha value is -1.35. The van der Waals surface area contributed by atoms with E-state index in [0.717, 1.165) is 18.6 Å². The second-order valence-electron chi connectivity index (χ2n) is 5.52. The lowest BCUT2D eigenvalue weighted by Gasteiger charge is -2.30. The molecule has 1 aliphatic rings. The predicted molar refractivity (Wildman–Crippen MR) is 73.8 cm³/mol. The molecule has 0 saturated heterocycles. The van der Waals surface area contributed by atoms with Crippen molar-refractivity contribution < 1.29 is 17.4 Å². The van der Waals surface area contributed by atoms with Gasteiger partial charge in [-0.25, -0.2) is 0 Å². The lowest BCUT2D eigenvalue weighted by Crippen LogP contribution is -2.31. The van der Waals surface area contributed by atoms with E-state index in [1.807, 2.05) is 6.92 Å². The molecule has 1 aromatic rings. The zero-order chi connectivity index (χ0) is 15.6. The van der Waals surface area contributed by atoms with E-state index in [1.165, 1.54) is 12.1 Å². The molecule has 4 atom stereocenters. The van der Waals surface area contributed by atoms with Crippen molar-refractivity contribution >= 4 is 10.8 Å². The van der Waals surface area contributed by atoms with Crippen molar-refractivity contribution in [2.45, 2.75) is 42.5 Å². The van der Waals surface area contributed by atoms with Crippen molar-refractivity contribution in [2.24, 2.45) is 11.8 Å². The summed E-state index contributed by atoms with van der Waals surface area (Å²) in [4.78, 5) is 0.157. The molecule has 1 saturated carbocycles. The van der Waals surface area contributed by atoms with Crippen LogP contribution in [-0.4, -0.2) is 9.46 Å². The fourth-order valence-electron chi connectivity index (χ4n) is 2.69. The number of alkyl halides is 3. The average Bonchev–Trinajstić information content (AvgIpc) is 2.45. The van der Waals surface area contributed by atoms with Crippen LogP contribution in [0.25, 0.3) is 0 Å². The number of benzene rings is 1. The Kier molecular flexibility index (Phi) is 4.72. The van der Waals surface area contributed by atoms with Crippen molar-refractivity contribution in [3.8, 4) is 6.07 Å². The third kappa shape index (κ3) is 3.65. The van der Waals surface area contributed by atoms with Gasteiger partial charge in [0.2, 0.25) is 0 Å². The number of rotatable bonds is 2. The van der Waals surface area contributed by atoms with Crippen molar-refractivity contribution in [2.75, 3.05) is 0 Å². The van der Waals surface area contributed by atoms with Gasteiger partial charge in [0, 0.05) is 4.90 Å². The summed E-state index contributed by atoms with van der Waals surface area (Å²) in [6.45, 7) is 2.02. The van der Waals surface area contributed by atoms with Gasteiger partial charge in [-0.1, -0.05) is 13.0 Å². The van der Waals surface area contributed by atoms with E-state index >= 15 is 0 Å². The van der Waals surface area contributed by atoms with Crippen LogP contribution < -0.4 is 0 Å². The molecule has 0 heterocycles. The molecule has 0 radical (unpaired) electrons. The molecule has 6 heteroatoms. The summed E-state index contributed by atoms with van der Waals surface area (Å²) in [6.07, 6.45) is -2.28. The Morgan fingerprint density at radius 2 is 2.05 bits per heavy atom. The maximum atomic E-state index is 12.7. The Labute approximate surface area is 124 Å². The molecule has 4 unspecified atom stereocenters. The summed E-state index contributed by atoms with van der Waals surface area (Å²) in [7, 11) is -1.59. The summed E-state index contributed by atoms with van der Waals surface area (Å²) in [5, 5.41) is 8.78. The van der Waals surface area contributed by atoms with Crippen LogP contribution in [0.15, 0.2) is 29.2 Å². The van der Waals surface area contributed by atoms with Gasteiger partial charge in [-0.15, -0.1) is 0 Å². The minimum absolute atomic E-state index is 0.157. The van der Waals surface area contributed by atoms with Gasteiger partial charge in [0.05, 0.1) is 33.6 Å². The standard InChI is InChI=1S/C15H16F3NOS/c1-10-5-6-11(9-19)14(7-10)21(20)13-4-2-3-12(8-13)15(16,17)18/h2-4,8,10-11,14H,5-7H2,1H3. The minimum atomic E-state index is -4.45. The first-order chi connectivity index (χ1) is 9.82. The van der Waals surface area contributed by atoms with Gasteiger partial charge < -0.3 is 0 Å². The van der Waals surface area contributed by atoms with E-state index in [4.69, 9.17) is 5.26 Å². The van der Waals surface area contributed by atoms with Gasteiger partial charge in [-0.2, -0.15) is 18.4 Å². The highest BCUT2D eigenvalue weighted by Gasteiger charge is 2.35. The highest BCUT2D eigenvalue weighted by Crippen LogP contribution is 2.35. The zero-order valence-electron chi connectivity index (χ0n) is 11.6. The average molecular weight is 315 g/mol. The first-order valence-electron chi connectivity index (χ1n) is 6.80. The fourth-order valence-corrected chi connectivity index (χ4v) is 4.49.